The van der Waals surface area contributed by atoms with Crippen molar-refractivity contribution in [2.75, 3.05) is 19.6 Å². The van der Waals surface area contributed by atoms with Gasteiger partial charge in [0.1, 0.15) is 10.5 Å². The molecule has 0 saturated carbocycles. The van der Waals surface area contributed by atoms with Crippen LogP contribution in [0.15, 0.2) is 4.47 Å². The van der Waals surface area contributed by atoms with Crippen LogP contribution in [0.25, 0.3) is 0 Å². The van der Waals surface area contributed by atoms with Crippen LogP contribution >= 0.6 is 28.1 Å². The van der Waals surface area contributed by atoms with Gasteiger partial charge in [-0.05, 0) is 35.9 Å². The topological polar surface area (TPSA) is 31.9 Å². The van der Waals surface area contributed by atoms with Crippen molar-refractivity contribution in [3.05, 3.63) is 20.6 Å². The molecule has 1 heterocycles. The summed E-state index contributed by atoms with van der Waals surface area (Å²) in [6.07, 6.45) is 0.916. The largest absolute Gasteiger partial charge is 0.346 e. The summed E-state index contributed by atoms with van der Waals surface area (Å²) in [5.41, 5.74) is 1.05. The number of rotatable bonds is 5. The van der Waals surface area contributed by atoms with E-state index in [0.29, 0.717) is 4.64 Å². The number of H-pyrrole nitrogens is 1. The SMILES string of the molecule is CCN(CC)CCc1nc(=S)c(Br)c(C)[nH]1. The molecular weight excluding hydrogens is 286 g/mol. The molecule has 0 saturated heterocycles. The van der Waals surface area contributed by atoms with Gasteiger partial charge in [-0.2, -0.15) is 0 Å². The van der Waals surface area contributed by atoms with Gasteiger partial charge in [0.05, 0.1) is 4.47 Å². The highest BCUT2D eigenvalue weighted by Crippen LogP contribution is 2.14. The molecule has 0 aromatic carbocycles. The summed E-state index contributed by atoms with van der Waals surface area (Å²) in [5, 5.41) is 0. The molecule has 1 N–H and O–H groups in total. The Morgan fingerprint density at radius 3 is 2.50 bits per heavy atom. The van der Waals surface area contributed by atoms with Gasteiger partial charge in [-0.25, -0.2) is 4.98 Å². The number of nitrogens with one attached hydrogen (secondary N) is 1. The zero-order chi connectivity index (χ0) is 12.1. The van der Waals surface area contributed by atoms with E-state index < -0.39 is 0 Å². The third kappa shape index (κ3) is 3.64. The molecule has 1 aromatic heterocycles. The highest BCUT2D eigenvalue weighted by atomic mass is 79.9. The van der Waals surface area contributed by atoms with Gasteiger partial charge in [0.15, 0.2) is 0 Å². The third-order valence-corrected chi connectivity index (χ3v) is 4.17. The number of aromatic nitrogens is 2. The molecule has 3 nitrogen and oxygen atoms in total. The molecule has 0 amide bonds. The Hall–Kier alpha value is -0.260. The molecule has 0 spiro atoms. The minimum absolute atomic E-state index is 0.644. The lowest BCUT2D eigenvalue weighted by Gasteiger charge is -2.17. The molecule has 5 heteroatoms. The van der Waals surface area contributed by atoms with E-state index in [9.17, 15) is 0 Å². The van der Waals surface area contributed by atoms with Crippen molar-refractivity contribution < 1.29 is 0 Å². The standard InChI is InChI=1S/C11H18BrN3S/c1-4-15(5-2)7-6-9-13-8(3)10(12)11(16)14-9/h4-7H2,1-3H3,(H,13,14,16). The van der Waals surface area contributed by atoms with Crippen LogP contribution in [-0.4, -0.2) is 34.5 Å². The van der Waals surface area contributed by atoms with Crippen LogP contribution < -0.4 is 0 Å². The third-order valence-electron chi connectivity index (χ3n) is 2.64. The number of hydrogen-bond acceptors (Lipinski definition) is 3. The molecule has 1 aromatic rings. The van der Waals surface area contributed by atoms with E-state index in [1.54, 1.807) is 0 Å². The number of aromatic amines is 1. The Balaban J connectivity index is 2.72. The van der Waals surface area contributed by atoms with Crippen molar-refractivity contribution in [2.45, 2.75) is 27.2 Å². The van der Waals surface area contributed by atoms with Crippen LogP contribution in [0.5, 0.6) is 0 Å². The van der Waals surface area contributed by atoms with Crippen LogP contribution in [0.4, 0.5) is 0 Å². The van der Waals surface area contributed by atoms with Gasteiger partial charge in [0.2, 0.25) is 0 Å². The Bertz CT molecular complexity index is 399. The molecular formula is C11H18BrN3S. The van der Waals surface area contributed by atoms with Gasteiger partial charge >= 0.3 is 0 Å². The Kier molecular flexibility index (Phi) is 5.58. The van der Waals surface area contributed by atoms with Gasteiger partial charge in [-0.1, -0.05) is 26.1 Å². The second kappa shape index (κ2) is 6.47. The number of halogens is 1. The lowest BCUT2D eigenvalue weighted by atomic mass is 10.3. The lowest BCUT2D eigenvalue weighted by molar-refractivity contribution is 0.305. The smallest absolute Gasteiger partial charge is 0.144 e. The molecule has 1 rings (SSSR count). The molecule has 0 unspecified atom stereocenters. The summed E-state index contributed by atoms with van der Waals surface area (Å²) in [6.45, 7) is 9.52. The first kappa shape index (κ1) is 13.8. The van der Waals surface area contributed by atoms with Crippen molar-refractivity contribution in [1.82, 2.24) is 14.9 Å². The summed E-state index contributed by atoms with van der Waals surface area (Å²) >= 11 is 8.59. The molecule has 0 aliphatic carbocycles. The van der Waals surface area contributed by atoms with E-state index in [4.69, 9.17) is 12.2 Å². The molecule has 0 fully saturated rings. The second-order valence-corrected chi connectivity index (χ2v) is 4.88. The van der Waals surface area contributed by atoms with Crippen molar-refractivity contribution in [3.63, 3.8) is 0 Å². The van der Waals surface area contributed by atoms with Crippen molar-refractivity contribution in [3.8, 4) is 0 Å². The maximum atomic E-state index is 5.17. The zero-order valence-electron chi connectivity index (χ0n) is 10.0. The molecule has 0 atom stereocenters. The quantitative estimate of drug-likeness (QED) is 0.848. The normalized spacial score (nSPS) is 11.1. The lowest BCUT2D eigenvalue weighted by Crippen LogP contribution is -2.25. The van der Waals surface area contributed by atoms with E-state index in [0.717, 1.165) is 42.0 Å². The van der Waals surface area contributed by atoms with Gasteiger partial charge < -0.3 is 9.88 Å². The van der Waals surface area contributed by atoms with Crippen LogP contribution in [-0.2, 0) is 6.42 Å². The minimum Gasteiger partial charge on any atom is -0.346 e. The van der Waals surface area contributed by atoms with Crippen LogP contribution in [0.3, 0.4) is 0 Å². The number of hydrogen-bond donors (Lipinski definition) is 1. The summed E-state index contributed by atoms with van der Waals surface area (Å²) < 4.78 is 1.54. The second-order valence-electron chi connectivity index (χ2n) is 3.70. The van der Waals surface area contributed by atoms with Crippen LogP contribution in [0, 0.1) is 11.6 Å². The van der Waals surface area contributed by atoms with Crippen LogP contribution in [0.2, 0.25) is 0 Å². The monoisotopic (exact) mass is 303 g/mol. The summed E-state index contributed by atoms with van der Waals surface area (Å²) in [4.78, 5) is 10.00. The fourth-order valence-electron chi connectivity index (χ4n) is 1.55. The average Bonchev–Trinajstić information content (AvgIpc) is 2.27. The summed E-state index contributed by atoms with van der Waals surface area (Å²) in [6, 6.07) is 0. The van der Waals surface area contributed by atoms with E-state index in [1.807, 2.05) is 6.92 Å². The molecule has 0 aliphatic rings. The predicted molar refractivity (Wildman–Crippen MR) is 73.4 cm³/mol. The fourth-order valence-corrected chi connectivity index (χ4v) is 2.00. The van der Waals surface area contributed by atoms with Gasteiger partial charge in [0.25, 0.3) is 0 Å². The Labute approximate surface area is 110 Å². The predicted octanol–water partition coefficient (Wildman–Crippen LogP) is 3.09. The van der Waals surface area contributed by atoms with Gasteiger partial charge in [0, 0.05) is 18.7 Å². The van der Waals surface area contributed by atoms with Crippen LogP contribution in [0.1, 0.15) is 25.4 Å². The van der Waals surface area contributed by atoms with E-state index in [1.165, 1.54) is 0 Å². The maximum Gasteiger partial charge on any atom is 0.144 e. The Morgan fingerprint density at radius 2 is 2.00 bits per heavy atom. The van der Waals surface area contributed by atoms with Crippen molar-refractivity contribution >= 4 is 28.1 Å². The van der Waals surface area contributed by atoms with E-state index >= 15 is 0 Å². The maximum absolute atomic E-state index is 5.17. The molecule has 16 heavy (non-hydrogen) atoms. The average molecular weight is 304 g/mol. The molecule has 0 bridgehead atoms. The van der Waals surface area contributed by atoms with Gasteiger partial charge in [-0.15, -0.1) is 0 Å². The first-order valence-electron chi connectivity index (χ1n) is 5.56. The Morgan fingerprint density at radius 1 is 1.38 bits per heavy atom. The van der Waals surface area contributed by atoms with Gasteiger partial charge in [-0.3, -0.25) is 0 Å². The molecule has 0 aliphatic heterocycles. The molecule has 90 valence electrons. The zero-order valence-corrected chi connectivity index (χ0v) is 12.4. The van der Waals surface area contributed by atoms with Crippen molar-refractivity contribution in [1.29, 1.82) is 0 Å². The summed E-state index contributed by atoms with van der Waals surface area (Å²) in [7, 11) is 0. The number of aryl methyl sites for hydroxylation is 1. The number of likely N-dealkylation sites (N-methyl/N-ethyl adjacent to an activating group) is 1. The first-order valence-corrected chi connectivity index (χ1v) is 6.76. The minimum atomic E-state index is 0.644. The fraction of sp³-hybridized carbons (Fsp3) is 0.636. The van der Waals surface area contributed by atoms with Crippen molar-refractivity contribution in [2.24, 2.45) is 0 Å². The van der Waals surface area contributed by atoms with E-state index in [2.05, 4.69) is 44.6 Å². The van der Waals surface area contributed by atoms with E-state index in [-0.39, 0.29) is 0 Å². The molecule has 0 radical (unpaired) electrons. The number of nitrogens with zero attached hydrogens (tertiary/aromatic N) is 2. The highest BCUT2D eigenvalue weighted by Gasteiger charge is 2.04. The highest BCUT2D eigenvalue weighted by molar-refractivity contribution is 9.10. The first-order chi connectivity index (χ1) is 7.58. The summed E-state index contributed by atoms with van der Waals surface area (Å²) in [5.74, 6) is 0.970.